The SMILES string of the molecule is Cc1cc2c3c(c1)N(c1ccc(C(C)(C)C)cc1)c1c(oc4ccc(C(C)(C)C)cc14)B3c1ccc3c4c1N2c1c(C)cc(C(C)(C)C)cc1C4(C)CCC3(C)C. The van der Waals surface area contributed by atoms with Crippen molar-refractivity contribution in [1.29, 1.82) is 0 Å². The van der Waals surface area contributed by atoms with E-state index in [0.717, 1.165) is 29.8 Å². The molecule has 0 fully saturated rings. The van der Waals surface area contributed by atoms with E-state index in [2.05, 4.69) is 186 Å². The van der Waals surface area contributed by atoms with Gasteiger partial charge >= 0.3 is 0 Å². The molecular formula is C53H59BN2O. The van der Waals surface area contributed by atoms with Gasteiger partial charge in [0.1, 0.15) is 5.58 Å². The number of furan rings is 1. The first-order chi connectivity index (χ1) is 26.6. The normalized spacial score (nSPS) is 19.0. The lowest BCUT2D eigenvalue weighted by Gasteiger charge is -2.54. The zero-order valence-electron chi connectivity index (χ0n) is 36.8. The lowest BCUT2D eigenvalue weighted by Crippen LogP contribution is -2.62. The second-order valence-corrected chi connectivity index (χ2v) is 22.0. The first-order valence-corrected chi connectivity index (χ1v) is 21.4. The maximum atomic E-state index is 7.30. The van der Waals surface area contributed by atoms with Crippen molar-refractivity contribution in [2.45, 2.75) is 137 Å². The number of anilines is 6. The molecule has 0 spiro atoms. The van der Waals surface area contributed by atoms with Gasteiger partial charge in [-0.15, -0.1) is 0 Å². The Morgan fingerprint density at radius 1 is 0.596 bits per heavy atom. The van der Waals surface area contributed by atoms with Crippen molar-refractivity contribution in [2.75, 3.05) is 9.80 Å². The first kappa shape index (κ1) is 36.6. The fourth-order valence-electron chi connectivity index (χ4n) is 10.9. The Bertz CT molecular complexity index is 2710. The fraction of sp³-hybridized carbons (Fsp3) is 0.396. The fourth-order valence-corrected chi connectivity index (χ4v) is 10.9. The van der Waals surface area contributed by atoms with Crippen LogP contribution in [0.25, 0.3) is 11.0 Å². The van der Waals surface area contributed by atoms with Crippen molar-refractivity contribution < 1.29 is 4.42 Å². The molecule has 0 radical (unpaired) electrons. The zero-order chi connectivity index (χ0) is 40.5. The van der Waals surface area contributed by atoms with Crippen LogP contribution in [0.2, 0.25) is 0 Å². The average Bonchev–Trinajstić information content (AvgIpc) is 3.50. The van der Waals surface area contributed by atoms with Crippen LogP contribution < -0.4 is 26.4 Å². The van der Waals surface area contributed by atoms with Gasteiger partial charge in [0.2, 0.25) is 0 Å². The molecule has 4 heterocycles. The van der Waals surface area contributed by atoms with Gasteiger partial charge in [0, 0.05) is 33.6 Å². The molecule has 1 unspecified atom stereocenters. The van der Waals surface area contributed by atoms with Crippen LogP contribution in [0.5, 0.6) is 0 Å². The van der Waals surface area contributed by atoms with Gasteiger partial charge in [-0.2, -0.15) is 0 Å². The third kappa shape index (κ3) is 4.98. The van der Waals surface area contributed by atoms with Gasteiger partial charge in [-0.25, -0.2) is 0 Å². The molecule has 4 aliphatic rings. The molecule has 3 aliphatic heterocycles. The Kier molecular flexibility index (Phi) is 7.25. The van der Waals surface area contributed by atoms with Crippen molar-refractivity contribution >= 4 is 68.4 Å². The van der Waals surface area contributed by atoms with Crippen molar-refractivity contribution in [3.05, 3.63) is 123 Å². The van der Waals surface area contributed by atoms with Crippen LogP contribution in [0.15, 0.2) is 83.3 Å². The van der Waals surface area contributed by atoms with E-state index in [9.17, 15) is 0 Å². The summed E-state index contributed by atoms with van der Waals surface area (Å²) in [5, 5.41) is 1.18. The van der Waals surface area contributed by atoms with E-state index in [1.54, 1.807) is 0 Å². The number of rotatable bonds is 1. The molecule has 0 saturated carbocycles. The molecule has 57 heavy (non-hydrogen) atoms. The largest absolute Gasteiger partial charge is 0.468 e. The monoisotopic (exact) mass is 750 g/mol. The van der Waals surface area contributed by atoms with Gasteiger partial charge in [-0.05, 0) is 140 Å². The van der Waals surface area contributed by atoms with Crippen molar-refractivity contribution in [1.82, 2.24) is 0 Å². The van der Waals surface area contributed by atoms with Crippen LogP contribution in [-0.4, -0.2) is 6.71 Å². The predicted molar refractivity (Wildman–Crippen MR) is 245 cm³/mol. The van der Waals surface area contributed by atoms with E-state index in [1.807, 2.05) is 0 Å². The van der Waals surface area contributed by atoms with E-state index in [1.165, 1.54) is 89.3 Å². The van der Waals surface area contributed by atoms with E-state index in [-0.39, 0.29) is 33.8 Å². The molecule has 1 aromatic heterocycles. The third-order valence-corrected chi connectivity index (χ3v) is 14.3. The van der Waals surface area contributed by atoms with Gasteiger partial charge in [0.15, 0.2) is 0 Å². The number of hydrogen-bond donors (Lipinski definition) is 0. The topological polar surface area (TPSA) is 19.6 Å². The molecule has 0 amide bonds. The highest BCUT2D eigenvalue weighted by atomic mass is 16.3. The second kappa shape index (κ2) is 11.3. The summed E-state index contributed by atoms with van der Waals surface area (Å²) in [6.07, 6.45) is 2.28. The Morgan fingerprint density at radius 2 is 1.23 bits per heavy atom. The highest BCUT2D eigenvalue weighted by Crippen LogP contribution is 2.62. The summed E-state index contributed by atoms with van der Waals surface area (Å²) in [7, 11) is 0. The van der Waals surface area contributed by atoms with Gasteiger partial charge < -0.3 is 14.2 Å². The third-order valence-electron chi connectivity index (χ3n) is 14.3. The molecule has 290 valence electrons. The van der Waals surface area contributed by atoms with Crippen LogP contribution >= 0.6 is 0 Å². The van der Waals surface area contributed by atoms with Crippen LogP contribution in [0.1, 0.15) is 140 Å². The van der Waals surface area contributed by atoms with E-state index in [4.69, 9.17) is 4.42 Å². The first-order valence-electron chi connectivity index (χ1n) is 21.4. The molecular weight excluding hydrogens is 691 g/mol. The lowest BCUT2D eigenvalue weighted by molar-refractivity contribution is 0.348. The minimum atomic E-state index is -0.119. The Hall–Kier alpha value is -4.70. The quantitative estimate of drug-likeness (QED) is 0.156. The maximum Gasteiger partial charge on any atom is 0.297 e. The molecule has 0 bridgehead atoms. The highest BCUT2D eigenvalue weighted by molar-refractivity contribution is 7.00. The molecule has 0 saturated heterocycles. The predicted octanol–water partition coefficient (Wildman–Crippen LogP) is 12.7. The second-order valence-electron chi connectivity index (χ2n) is 22.0. The Morgan fingerprint density at radius 3 is 1.88 bits per heavy atom. The number of fused-ring (bicyclic) bond motifs is 9. The molecule has 1 aliphatic carbocycles. The molecule has 1 atom stereocenters. The van der Waals surface area contributed by atoms with Gasteiger partial charge in [-0.3, -0.25) is 0 Å². The molecule has 10 rings (SSSR count). The molecule has 4 heteroatoms. The van der Waals surface area contributed by atoms with Gasteiger partial charge in [0.05, 0.1) is 17.0 Å². The van der Waals surface area contributed by atoms with Crippen LogP contribution in [0.3, 0.4) is 0 Å². The van der Waals surface area contributed by atoms with E-state index < -0.39 is 0 Å². The minimum absolute atomic E-state index is 0.00275. The molecule has 3 nitrogen and oxygen atoms in total. The van der Waals surface area contributed by atoms with Gasteiger partial charge in [0.25, 0.3) is 6.71 Å². The Labute approximate surface area is 341 Å². The summed E-state index contributed by atoms with van der Waals surface area (Å²) in [5.74, 6) is 0. The minimum Gasteiger partial charge on any atom is -0.468 e. The number of benzene rings is 5. The van der Waals surface area contributed by atoms with Crippen LogP contribution in [0, 0.1) is 13.8 Å². The standard InChI is InChI=1S/C53H59BN2O/c1-30-25-40-44-41(26-30)56-45-31(2)27-34(51(9,10)11)29-38(45)53(14)24-23-52(12,13)37-20-21-39(47(56)43(37)53)54(44)48-46(36-28-33(50(6,7)8)17-22-42(36)57-48)55(40)35-18-15-32(16-19-35)49(3,4)5/h15-22,25-29H,23-24H2,1-14H3. The van der Waals surface area contributed by atoms with Gasteiger partial charge in [-0.1, -0.05) is 126 Å². The summed E-state index contributed by atoms with van der Waals surface area (Å²) >= 11 is 0. The Balaban J connectivity index is 1.35. The van der Waals surface area contributed by atoms with Crippen molar-refractivity contribution in [3.63, 3.8) is 0 Å². The molecule has 5 aromatic carbocycles. The van der Waals surface area contributed by atoms with Crippen LogP contribution in [-0.2, 0) is 27.1 Å². The molecule has 0 N–H and O–H groups in total. The summed E-state index contributed by atoms with van der Waals surface area (Å²) in [4.78, 5) is 5.25. The summed E-state index contributed by atoms with van der Waals surface area (Å²) in [6, 6.07) is 31.2. The lowest BCUT2D eigenvalue weighted by atomic mass is 9.34. The maximum absolute atomic E-state index is 7.30. The number of aryl methyl sites for hydroxylation is 2. The van der Waals surface area contributed by atoms with Crippen molar-refractivity contribution in [2.24, 2.45) is 0 Å². The van der Waals surface area contributed by atoms with Crippen LogP contribution in [0.4, 0.5) is 34.1 Å². The smallest absolute Gasteiger partial charge is 0.297 e. The summed E-state index contributed by atoms with van der Waals surface area (Å²) in [6.45, 7) is 33.0. The summed E-state index contributed by atoms with van der Waals surface area (Å²) < 4.78 is 7.30. The van der Waals surface area contributed by atoms with Crippen molar-refractivity contribution in [3.8, 4) is 0 Å². The average molecular weight is 751 g/mol. The zero-order valence-corrected chi connectivity index (χ0v) is 36.8. The van der Waals surface area contributed by atoms with E-state index >= 15 is 0 Å². The highest BCUT2D eigenvalue weighted by Gasteiger charge is 2.54. The molecule has 6 aromatic rings. The number of nitrogens with zero attached hydrogens (tertiary/aromatic N) is 2. The summed E-state index contributed by atoms with van der Waals surface area (Å²) in [5.41, 5.74) is 23.5. The number of hydrogen-bond acceptors (Lipinski definition) is 3. The van der Waals surface area contributed by atoms with E-state index in [0.29, 0.717) is 0 Å².